The number of fused-ring (bicyclic) bond motifs is 1. The Balaban J connectivity index is 1.44. The topological polar surface area (TPSA) is 89.4 Å². The van der Waals surface area contributed by atoms with Gasteiger partial charge in [0, 0.05) is 24.8 Å². The molecule has 1 fully saturated rings. The molecule has 1 amide bonds. The fourth-order valence-electron chi connectivity index (χ4n) is 2.81. The zero-order chi connectivity index (χ0) is 17.9. The lowest BCUT2D eigenvalue weighted by atomic mass is 10.3. The van der Waals surface area contributed by atoms with Crippen molar-refractivity contribution in [1.82, 2.24) is 14.8 Å². The fraction of sp³-hybridized carbons (Fsp3) is 0.294. The van der Waals surface area contributed by atoms with Gasteiger partial charge in [0.1, 0.15) is 6.54 Å². The highest BCUT2D eigenvalue weighted by Crippen LogP contribution is 2.21. The second-order valence-corrected chi connectivity index (χ2v) is 6.78. The minimum absolute atomic E-state index is 0.136. The number of rotatable bonds is 4. The molecular weight excluding hydrogens is 354 g/mol. The molecule has 3 aromatic rings. The van der Waals surface area contributed by atoms with Crippen LogP contribution < -0.4 is 15.8 Å². The van der Waals surface area contributed by atoms with Crippen LogP contribution in [-0.2, 0) is 16.1 Å². The highest BCUT2D eigenvalue weighted by molar-refractivity contribution is 7.16. The predicted molar refractivity (Wildman–Crippen MR) is 99.8 cm³/mol. The minimum atomic E-state index is -0.304. The SMILES string of the molecule is O=C(Cn1ncc(N2CCOCC2)cc1=O)Nc1ccc2ncsc2c1. The number of hydrogen-bond acceptors (Lipinski definition) is 7. The molecule has 0 saturated carbocycles. The van der Waals surface area contributed by atoms with Crippen LogP contribution in [0.25, 0.3) is 10.2 Å². The minimum Gasteiger partial charge on any atom is -0.378 e. The number of hydrogen-bond donors (Lipinski definition) is 1. The Bertz CT molecular complexity index is 993. The Hall–Kier alpha value is -2.78. The van der Waals surface area contributed by atoms with Crippen LogP contribution in [0.5, 0.6) is 0 Å². The number of aromatic nitrogens is 3. The molecule has 0 spiro atoms. The first-order chi connectivity index (χ1) is 12.7. The molecular formula is C17H17N5O3S. The number of carbonyl (C=O) groups is 1. The van der Waals surface area contributed by atoms with Gasteiger partial charge in [0.05, 0.1) is 40.8 Å². The molecule has 134 valence electrons. The van der Waals surface area contributed by atoms with Gasteiger partial charge in [0.2, 0.25) is 5.91 Å². The molecule has 8 nitrogen and oxygen atoms in total. The Morgan fingerprint density at radius 2 is 2.12 bits per heavy atom. The molecule has 1 aliphatic rings. The fourth-order valence-corrected chi connectivity index (χ4v) is 3.52. The van der Waals surface area contributed by atoms with Crippen molar-refractivity contribution in [2.45, 2.75) is 6.54 Å². The first kappa shape index (κ1) is 16.7. The maximum absolute atomic E-state index is 12.3. The maximum atomic E-state index is 12.3. The molecule has 0 radical (unpaired) electrons. The van der Waals surface area contributed by atoms with Gasteiger partial charge in [-0.1, -0.05) is 0 Å². The highest BCUT2D eigenvalue weighted by atomic mass is 32.1. The number of morpholine rings is 1. The Morgan fingerprint density at radius 3 is 2.92 bits per heavy atom. The summed E-state index contributed by atoms with van der Waals surface area (Å²) in [6, 6.07) is 7.01. The van der Waals surface area contributed by atoms with E-state index in [1.165, 1.54) is 17.4 Å². The van der Waals surface area contributed by atoms with Gasteiger partial charge in [-0.15, -0.1) is 11.3 Å². The van der Waals surface area contributed by atoms with Gasteiger partial charge in [-0.3, -0.25) is 9.59 Å². The van der Waals surface area contributed by atoms with E-state index in [1.807, 2.05) is 17.0 Å². The third-order valence-corrected chi connectivity index (χ3v) is 4.93. The van der Waals surface area contributed by atoms with Gasteiger partial charge >= 0.3 is 0 Å². The van der Waals surface area contributed by atoms with E-state index in [0.29, 0.717) is 18.9 Å². The average molecular weight is 371 g/mol. The molecule has 1 aromatic carbocycles. The molecule has 2 aromatic heterocycles. The Kier molecular flexibility index (Phi) is 4.63. The second kappa shape index (κ2) is 7.22. The van der Waals surface area contributed by atoms with Crippen molar-refractivity contribution < 1.29 is 9.53 Å². The smallest absolute Gasteiger partial charge is 0.269 e. The maximum Gasteiger partial charge on any atom is 0.269 e. The average Bonchev–Trinajstić information content (AvgIpc) is 3.12. The molecule has 1 N–H and O–H groups in total. The number of nitrogens with one attached hydrogen (secondary N) is 1. The van der Waals surface area contributed by atoms with E-state index in [-0.39, 0.29) is 18.0 Å². The molecule has 1 saturated heterocycles. The zero-order valence-electron chi connectivity index (χ0n) is 13.9. The second-order valence-electron chi connectivity index (χ2n) is 5.89. The molecule has 0 bridgehead atoms. The van der Waals surface area contributed by atoms with Gasteiger partial charge in [-0.05, 0) is 18.2 Å². The Morgan fingerprint density at radius 1 is 1.27 bits per heavy atom. The van der Waals surface area contributed by atoms with Crippen molar-refractivity contribution >= 4 is 38.8 Å². The summed E-state index contributed by atoms with van der Waals surface area (Å²) in [5.41, 5.74) is 3.78. The van der Waals surface area contributed by atoms with Crippen molar-refractivity contribution in [2.24, 2.45) is 0 Å². The molecule has 0 atom stereocenters. The van der Waals surface area contributed by atoms with E-state index in [1.54, 1.807) is 17.8 Å². The number of amides is 1. The van der Waals surface area contributed by atoms with E-state index in [4.69, 9.17) is 4.74 Å². The summed E-state index contributed by atoms with van der Waals surface area (Å²) < 4.78 is 7.46. The molecule has 9 heteroatoms. The highest BCUT2D eigenvalue weighted by Gasteiger charge is 2.14. The summed E-state index contributed by atoms with van der Waals surface area (Å²) in [6.07, 6.45) is 1.61. The molecule has 0 aliphatic carbocycles. The van der Waals surface area contributed by atoms with Gasteiger partial charge in [-0.25, -0.2) is 9.67 Å². The van der Waals surface area contributed by atoms with E-state index in [0.717, 1.165) is 33.7 Å². The van der Waals surface area contributed by atoms with E-state index >= 15 is 0 Å². The molecule has 0 unspecified atom stereocenters. The largest absolute Gasteiger partial charge is 0.378 e. The predicted octanol–water partition coefficient (Wildman–Crippen LogP) is 1.33. The lowest BCUT2D eigenvalue weighted by Gasteiger charge is -2.28. The standard InChI is InChI=1S/C17H17N5O3S/c23-16(20-12-1-2-14-15(7-12)26-11-18-14)10-22-17(24)8-13(9-19-22)21-3-5-25-6-4-21/h1-2,7-9,11H,3-6,10H2,(H,20,23). The van der Waals surface area contributed by atoms with Crippen LogP contribution >= 0.6 is 11.3 Å². The van der Waals surface area contributed by atoms with Crippen molar-refractivity contribution in [3.05, 3.63) is 46.3 Å². The summed E-state index contributed by atoms with van der Waals surface area (Å²) in [5.74, 6) is -0.303. The van der Waals surface area contributed by atoms with Crippen LogP contribution in [0, 0.1) is 0 Å². The van der Waals surface area contributed by atoms with Crippen molar-refractivity contribution in [2.75, 3.05) is 36.5 Å². The summed E-state index contributed by atoms with van der Waals surface area (Å²) >= 11 is 1.51. The molecule has 1 aliphatic heterocycles. The molecule has 26 heavy (non-hydrogen) atoms. The number of ether oxygens (including phenoxy) is 1. The Labute approximate surface area is 153 Å². The monoisotopic (exact) mass is 371 g/mol. The number of anilines is 2. The number of benzene rings is 1. The molecule has 3 heterocycles. The number of nitrogens with zero attached hydrogens (tertiary/aromatic N) is 4. The first-order valence-electron chi connectivity index (χ1n) is 8.22. The normalized spacial score (nSPS) is 14.5. The van der Waals surface area contributed by atoms with Gasteiger partial charge in [0.25, 0.3) is 5.56 Å². The third-order valence-electron chi connectivity index (χ3n) is 4.14. The number of carbonyl (C=O) groups excluding carboxylic acids is 1. The van der Waals surface area contributed by atoms with Crippen LogP contribution in [0.2, 0.25) is 0 Å². The third kappa shape index (κ3) is 3.58. The van der Waals surface area contributed by atoms with Crippen molar-refractivity contribution in [3.63, 3.8) is 0 Å². The summed E-state index contributed by atoms with van der Waals surface area (Å²) in [6.45, 7) is 2.59. The van der Waals surface area contributed by atoms with Crippen LogP contribution in [0.3, 0.4) is 0 Å². The van der Waals surface area contributed by atoms with Crippen molar-refractivity contribution in [1.29, 1.82) is 0 Å². The lowest BCUT2D eigenvalue weighted by molar-refractivity contribution is -0.117. The van der Waals surface area contributed by atoms with E-state index in [9.17, 15) is 9.59 Å². The van der Waals surface area contributed by atoms with Crippen molar-refractivity contribution in [3.8, 4) is 0 Å². The van der Waals surface area contributed by atoms with Crippen LogP contribution in [0.4, 0.5) is 11.4 Å². The van der Waals surface area contributed by atoms with Gasteiger partial charge in [0.15, 0.2) is 0 Å². The van der Waals surface area contributed by atoms with E-state index in [2.05, 4.69) is 15.4 Å². The van der Waals surface area contributed by atoms with Crippen LogP contribution in [-0.4, -0.2) is 47.0 Å². The van der Waals surface area contributed by atoms with E-state index < -0.39 is 0 Å². The van der Waals surface area contributed by atoms with Gasteiger partial charge in [-0.2, -0.15) is 5.10 Å². The zero-order valence-corrected chi connectivity index (χ0v) is 14.7. The van der Waals surface area contributed by atoms with Crippen LogP contribution in [0.1, 0.15) is 0 Å². The quantitative estimate of drug-likeness (QED) is 0.744. The first-order valence-corrected chi connectivity index (χ1v) is 9.10. The van der Waals surface area contributed by atoms with Crippen LogP contribution in [0.15, 0.2) is 40.8 Å². The summed E-state index contributed by atoms with van der Waals surface area (Å²) in [7, 11) is 0. The summed E-state index contributed by atoms with van der Waals surface area (Å²) in [5, 5.41) is 6.92. The number of thiazole rings is 1. The van der Waals surface area contributed by atoms with Gasteiger partial charge < -0.3 is 15.0 Å². The lowest BCUT2D eigenvalue weighted by Crippen LogP contribution is -2.38. The molecule has 4 rings (SSSR count). The summed E-state index contributed by atoms with van der Waals surface area (Å²) in [4.78, 5) is 30.8.